The monoisotopic (exact) mass is 515 g/mol. The number of rotatable bonds is 9. The van der Waals surface area contributed by atoms with Gasteiger partial charge in [-0.2, -0.15) is 0 Å². The zero-order valence-electron chi connectivity index (χ0n) is 21.5. The van der Waals surface area contributed by atoms with Crippen LogP contribution in [0.25, 0.3) is 5.76 Å². The van der Waals surface area contributed by atoms with Gasteiger partial charge in [0.15, 0.2) is 0 Å². The molecule has 0 radical (unpaired) electrons. The maximum atomic E-state index is 13.1. The molecule has 0 aromatic heterocycles. The Kier molecular flexibility index (Phi) is 8.23. The number of carbonyl (C=O) groups excluding carboxylic acids is 3. The Morgan fingerprint density at radius 1 is 0.921 bits per heavy atom. The van der Waals surface area contributed by atoms with E-state index in [2.05, 4.69) is 0 Å². The number of likely N-dealkylation sites (tertiary alicyclic amines) is 1. The summed E-state index contributed by atoms with van der Waals surface area (Å²) in [6, 6.07) is 20.1. The van der Waals surface area contributed by atoms with Crippen LogP contribution >= 0.6 is 0 Å². The molecule has 0 saturated carbocycles. The molecule has 1 saturated heterocycles. The molecule has 1 unspecified atom stereocenters. The summed E-state index contributed by atoms with van der Waals surface area (Å²) in [6.07, 6.45) is 0. The predicted molar refractivity (Wildman–Crippen MR) is 141 cm³/mol. The first-order valence-electron chi connectivity index (χ1n) is 12.1. The van der Waals surface area contributed by atoms with Crippen molar-refractivity contribution in [2.75, 3.05) is 27.4 Å². The molecule has 1 fully saturated rings. The molecule has 1 atom stereocenters. The van der Waals surface area contributed by atoms with Crippen LogP contribution in [0.4, 0.5) is 0 Å². The molecule has 0 spiro atoms. The van der Waals surface area contributed by atoms with E-state index in [1.807, 2.05) is 31.2 Å². The number of aliphatic hydroxyl groups is 1. The molecule has 1 aliphatic rings. The van der Waals surface area contributed by atoms with Crippen LogP contribution in [0.15, 0.2) is 78.4 Å². The molecule has 8 heteroatoms. The van der Waals surface area contributed by atoms with Crippen molar-refractivity contribution in [1.82, 2.24) is 4.90 Å². The van der Waals surface area contributed by atoms with Crippen LogP contribution in [0.5, 0.6) is 5.75 Å². The van der Waals surface area contributed by atoms with Gasteiger partial charge in [-0.05, 0) is 60.0 Å². The number of Topliss-reactive ketones (excluding diaryl/α,β-unsaturated/α-hetero) is 1. The minimum Gasteiger partial charge on any atom is -0.507 e. The first kappa shape index (κ1) is 26.6. The molecule has 8 nitrogen and oxygen atoms in total. The summed E-state index contributed by atoms with van der Waals surface area (Å²) in [4.78, 5) is 39.3. The van der Waals surface area contributed by atoms with Crippen molar-refractivity contribution in [3.8, 4) is 5.75 Å². The number of hydrogen-bond donors (Lipinski definition) is 1. The van der Waals surface area contributed by atoms with Gasteiger partial charge in [0.2, 0.25) is 0 Å². The number of hydrogen-bond acceptors (Lipinski definition) is 7. The third-order valence-electron chi connectivity index (χ3n) is 6.51. The SMILES string of the molecule is COCCN1C(=O)C(=O)C(=C(O)c2ccc(OCc3ccccc3C)cc2)C1c1ccc(C(=O)OC)cc1. The topological polar surface area (TPSA) is 102 Å². The minimum absolute atomic E-state index is 0.0366. The fourth-order valence-corrected chi connectivity index (χ4v) is 4.36. The first-order chi connectivity index (χ1) is 18.3. The van der Waals surface area contributed by atoms with Crippen molar-refractivity contribution in [1.29, 1.82) is 0 Å². The Morgan fingerprint density at radius 2 is 1.58 bits per heavy atom. The third kappa shape index (κ3) is 5.45. The lowest BCUT2D eigenvalue weighted by Gasteiger charge is -2.25. The van der Waals surface area contributed by atoms with Crippen molar-refractivity contribution in [2.24, 2.45) is 0 Å². The summed E-state index contributed by atoms with van der Waals surface area (Å²) in [7, 11) is 2.79. The van der Waals surface area contributed by atoms with E-state index >= 15 is 0 Å². The minimum atomic E-state index is -0.853. The summed E-state index contributed by atoms with van der Waals surface area (Å²) in [5.74, 6) is -1.73. The molecule has 4 rings (SSSR count). The maximum absolute atomic E-state index is 13.1. The number of amides is 1. The largest absolute Gasteiger partial charge is 0.507 e. The van der Waals surface area contributed by atoms with E-state index in [0.29, 0.717) is 29.0 Å². The van der Waals surface area contributed by atoms with Gasteiger partial charge in [-0.1, -0.05) is 36.4 Å². The molecule has 196 valence electrons. The second-order valence-corrected chi connectivity index (χ2v) is 8.84. The second-order valence-electron chi connectivity index (χ2n) is 8.84. The average Bonchev–Trinajstić information content (AvgIpc) is 3.20. The number of esters is 1. The van der Waals surface area contributed by atoms with Crippen LogP contribution < -0.4 is 4.74 Å². The van der Waals surface area contributed by atoms with Gasteiger partial charge >= 0.3 is 5.97 Å². The van der Waals surface area contributed by atoms with Crippen molar-refractivity contribution in [2.45, 2.75) is 19.6 Å². The van der Waals surface area contributed by atoms with E-state index in [-0.39, 0.29) is 24.5 Å². The predicted octanol–water partition coefficient (Wildman–Crippen LogP) is 4.43. The molecule has 38 heavy (non-hydrogen) atoms. The van der Waals surface area contributed by atoms with E-state index in [1.165, 1.54) is 19.1 Å². The smallest absolute Gasteiger partial charge is 0.337 e. The van der Waals surface area contributed by atoms with Crippen molar-refractivity contribution >= 4 is 23.4 Å². The number of ether oxygens (including phenoxy) is 3. The molecular weight excluding hydrogens is 486 g/mol. The van der Waals surface area contributed by atoms with Crippen molar-refractivity contribution < 1.29 is 33.7 Å². The molecule has 3 aromatic carbocycles. The highest BCUT2D eigenvalue weighted by Crippen LogP contribution is 2.39. The quantitative estimate of drug-likeness (QED) is 0.195. The molecule has 1 heterocycles. The molecule has 0 bridgehead atoms. The summed E-state index contributed by atoms with van der Waals surface area (Å²) in [5.41, 5.74) is 3.41. The summed E-state index contributed by atoms with van der Waals surface area (Å²) in [5, 5.41) is 11.2. The number of aryl methyl sites for hydroxylation is 1. The van der Waals surface area contributed by atoms with Crippen LogP contribution in [0.3, 0.4) is 0 Å². The summed E-state index contributed by atoms with van der Waals surface area (Å²) < 4.78 is 15.8. The van der Waals surface area contributed by atoms with Gasteiger partial charge in [-0.3, -0.25) is 9.59 Å². The zero-order valence-corrected chi connectivity index (χ0v) is 21.5. The number of benzene rings is 3. The molecule has 1 amide bonds. The van der Waals surface area contributed by atoms with Crippen LogP contribution in [0.1, 0.15) is 38.7 Å². The number of nitrogens with zero attached hydrogens (tertiary/aromatic N) is 1. The fraction of sp³-hybridized carbons (Fsp3) is 0.233. The summed E-state index contributed by atoms with van der Waals surface area (Å²) >= 11 is 0. The highest BCUT2D eigenvalue weighted by molar-refractivity contribution is 6.46. The van der Waals surface area contributed by atoms with Gasteiger partial charge in [-0.25, -0.2) is 4.79 Å². The number of methoxy groups -OCH3 is 2. The Bertz CT molecular complexity index is 1360. The van der Waals surface area contributed by atoms with Crippen molar-refractivity contribution in [3.63, 3.8) is 0 Å². The molecule has 1 N–H and O–H groups in total. The Morgan fingerprint density at radius 3 is 2.21 bits per heavy atom. The van der Waals surface area contributed by atoms with E-state index in [9.17, 15) is 19.5 Å². The highest BCUT2D eigenvalue weighted by Gasteiger charge is 2.45. The van der Waals surface area contributed by atoms with Gasteiger partial charge in [0.1, 0.15) is 18.1 Å². The van der Waals surface area contributed by atoms with Crippen LogP contribution in [-0.2, 0) is 25.7 Å². The molecule has 1 aliphatic heterocycles. The Hall–Kier alpha value is -4.43. The second kappa shape index (κ2) is 11.7. The van der Waals surface area contributed by atoms with Crippen LogP contribution in [0, 0.1) is 6.92 Å². The molecular formula is C30H29NO7. The first-order valence-corrected chi connectivity index (χ1v) is 12.1. The zero-order chi connectivity index (χ0) is 27.2. The van der Waals surface area contributed by atoms with Gasteiger partial charge in [0, 0.05) is 19.2 Å². The lowest BCUT2D eigenvalue weighted by molar-refractivity contribution is -0.140. The van der Waals surface area contributed by atoms with E-state index < -0.39 is 23.7 Å². The lowest BCUT2D eigenvalue weighted by Crippen LogP contribution is -2.32. The van der Waals surface area contributed by atoms with Gasteiger partial charge in [-0.15, -0.1) is 0 Å². The van der Waals surface area contributed by atoms with E-state index in [0.717, 1.165) is 11.1 Å². The van der Waals surface area contributed by atoms with Crippen LogP contribution in [-0.4, -0.2) is 55.0 Å². The Labute approximate surface area is 221 Å². The summed E-state index contributed by atoms with van der Waals surface area (Å²) in [6.45, 7) is 2.76. The normalized spacial score (nSPS) is 16.5. The number of aliphatic hydroxyl groups excluding tert-OH is 1. The van der Waals surface area contributed by atoms with Crippen molar-refractivity contribution in [3.05, 3.63) is 106 Å². The molecule has 0 aliphatic carbocycles. The lowest BCUT2D eigenvalue weighted by atomic mass is 9.94. The van der Waals surface area contributed by atoms with E-state index in [1.54, 1.807) is 48.5 Å². The maximum Gasteiger partial charge on any atom is 0.337 e. The van der Waals surface area contributed by atoms with Gasteiger partial charge < -0.3 is 24.2 Å². The average molecular weight is 516 g/mol. The standard InChI is InChI=1S/C30H29NO7/c1-19-6-4-5-7-23(19)18-38-24-14-12-21(13-15-24)27(32)25-26(31(16-17-36-2)29(34)28(25)33)20-8-10-22(11-9-20)30(35)37-3/h4-15,26,32H,16-18H2,1-3H3. The van der Waals surface area contributed by atoms with Gasteiger partial charge in [0.25, 0.3) is 11.7 Å². The highest BCUT2D eigenvalue weighted by atomic mass is 16.5. The Balaban J connectivity index is 1.65. The van der Waals surface area contributed by atoms with Gasteiger partial charge in [0.05, 0.1) is 30.9 Å². The fourth-order valence-electron chi connectivity index (χ4n) is 4.36. The number of carbonyl (C=O) groups is 3. The van der Waals surface area contributed by atoms with Crippen LogP contribution in [0.2, 0.25) is 0 Å². The molecule has 3 aromatic rings. The number of ketones is 1. The third-order valence-corrected chi connectivity index (χ3v) is 6.51. The van der Waals surface area contributed by atoms with E-state index in [4.69, 9.17) is 14.2 Å².